The largest absolute Gasteiger partial charge is 0.446 e. The molecule has 0 saturated carbocycles. The predicted molar refractivity (Wildman–Crippen MR) is 71.5 cm³/mol. The van der Waals surface area contributed by atoms with Gasteiger partial charge in [0.2, 0.25) is 5.89 Å². The molecular weight excluding hydrogens is 250 g/mol. The average molecular weight is 266 g/mol. The van der Waals surface area contributed by atoms with E-state index in [4.69, 9.17) is 20.8 Å². The molecule has 18 heavy (non-hydrogen) atoms. The third kappa shape index (κ3) is 3.59. The molecule has 0 radical (unpaired) electrons. The first kappa shape index (κ1) is 13.1. The third-order valence-electron chi connectivity index (χ3n) is 2.56. The Kier molecular flexibility index (Phi) is 4.79. The van der Waals surface area contributed by atoms with Gasteiger partial charge in [-0.05, 0) is 18.6 Å². The van der Waals surface area contributed by atoms with Crippen LogP contribution in [0.4, 0.5) is 0 Å². The topological polar surface area (TPSA) is 35.3 Å². The monoisotopic (exact) mass is 265 g/mol. The lowest BCUT2D eigenvalue weighted by Gasteiger charge is -1.98. The van der Waals surface area contributed by atoms with Crippen molar-refractivity contribution in [2.45, 2.75) is 26.4 Å². The van der Waals surface area contributed by atoms with Gasteiger partial charge in [-0.2, -0.15) is 0 Å². The summed E-state index contributed by atoms with van der Waals surface area (Å²) in [6.45, 7) is 3.30. The molecule has 1 aromatic carbocycles. The van der Waals surface area contributed by atoms with E-state index in [-0.39, 0.29) is 0 Å². The van der Waals surface area contributed by atoms with Crippen molar-refractivity contribution < 1.29 is 9.15 Å². The first-order chi connectivity index (χ1) is 8.79. The Hall–Kier alpha value is -1.32. The van der Waals surface area contributed by atoms with Crippen molar-refractivity contribution in [3.63, 3.8) is 0 Å². The zero-order valence-electron chi connectivity index (χ0n) is 10.4. The molecule has 4 heteroatoms. The van der Waals surface area contributed by atoms with Gasteiger partial charge in [-0.25, -0.2) is 4.98 Å². The highest BCUT2D eigenvalue weighted by atomic mass is 35.5. The molecule has 2 rings (SSSR count). The van der Waals surface area contributed by atoms with Crippen LogP contribution in [0.25, 0.3) is 11.3 Å². The van der Waals surface area contributed by atoms with Gasteiger partial charge in [0.15, 0.2) is 0 Å². The van der Waals surface area contributed by atoms with E-state index in [0.717, 1.165) is 30.7 Å². The number of halogens is 1. The fraction of sp³-hybridized carbons (Fsp3) is 0.357. The van der Waals surface area contributed by atoms with E-state index < -0.39 is 0 Å². The number of benzene rings is 1. The lowest BCUT2D eigenvalue weighted by Crippen LogP contribution is -1.95. The van der Waals surface area contributed by atoms with Crippen LogP contribution in [0.1, 0.15) is 25.7 Å². The van der Waals surface area contributed by atoms with Crippen LogP contribution in [0.3, 0.4) is 0 Å². The minimum atomic E-state index is 0.424. The maximum Gasteiger partial charge on any atom is 0.220 e. The summed E-state index contributed by atoms with van der Waals surface area (Å²) in [5.74, 6) is 0.607. The van der Waals surface area contributed by atoms with Crippen molar-refractivity contribution in [2.24, 2.45) is 0 Å². The molecule has 0 amide bonds. The highest BCUT2D eigenvalue weighted by Crippen LogP contribution is 2.21. The predicted octanol–water partition coefficient (Wildman–Crippen LogP) is 4.31. The minimum absolute atomic E-state index is 0.424. The lowest BCUT2D eigenvalue weighted by atomic mass is 10.2. The van der Waals surface area contributed by atoms with Crippen molar-refractivity contribution in [3.8, 4) is 11.3 Å². The second kappa shape index (κ2) is 6.57. The van der Waals surface area contributed by atoms with Gasteiger partial charge in [0.05, 0.1) is 0 Å². The molecule has 0 spiro atoms. The van der Waals surface area contributed by atoms with Gasteiger partial charge in [-0.15, -0.1) is 0 Å². The second-order valence-electron chi connectivity index (χ2n) is 4.04. The van der Waals surface area contributed by atoms with E-state index in [9.17, 15) is 0 Å². The average Bonchev–Trinajstić information content (AvgIpc) is 2.84. The molecular formula is C14H16ClNO2. The fourth-order valence-corrected chi connectivity index (χ4v) is 1.66. The zero-order valence-corrected chi connectivity index (χ0v) is 11.1. The van der Waals surface area contributed by atoms with Crippen LogP contribution < -0.4 is 0 Å². The number of oxazole rings is 1. The van der Waals surface area contributed by atoms with Gasteiger partial charge >= 0.3 is 0 Å². The number of ether oxygens (including phenoxy) is 1. The molecule has 96 valence electrons. The summed E-state index contributed by atoms with van der Waals surface area (Å²) in [6.07, 6.45) is 3.83. The summed E-state index contributed by atoms with van der Waals surface area (Å²) in [6, 6.07) is 7.51. The third-order valence-corrected chi connectivity index (χ3v) is 2.81. The van der Waals surface area contributed by atoms with Crippen LogP contribution in [0.5, 0.6) is 0 Å². The van der Waals surface area contributed by atoms with Crippen molar-refractivity contribution in [3.05, 3.63) is 41.4 Å². The number of hydrogen-bond donors (Lipinski definition) is 0. The van der Waals surface area contributed by atoms with Crippen LogP contribution in [0.15, 0.2) is 34.9 Å². The Labute approximate surface area is 112 Å². The fourth-order valence-electron chi connectivity index (χ4n) is 1.54. The molecule has 0 fully saturated rings. The van der Waals surface area contributed by atoms with Gasteiger partial charge in [0.1, 0.15) is 18.6 Å². The quantitative estimate of drug-likeness (QED) is 0.730. The number of nitrogens with zero attached hydrogens (tertiary/aromatic N) is 1. The van der Waals surface area contributed by atoms with Crippen LogP contribution in [-0.4, -0.2) is 11.6 Å². The number of unbranched alkanes of at least 4 members (excludes halogenated alkanes) is 1. The summed E-state index contributed by atoms with van der Waals surface area (Å²) < 4.78 is 10.8. The molecule has 0 N–H and O–H groups in total. The lowest BCUT2D eigenvalue weighted by molar-refractivity contribution is 0.100. The smallest absolute Gasteiger partial charge is 0.220 e. The Balaban J connectivity index is 1.95. The summed E-state index contributed by atoms with van der Waals surface area (Å²) in [7, 11) is 0. The van der Waals surface area contributed by atoms with Crippen molar-refractivity contribution in [2.75, 3.05) is 6.61 Å². The van der Waals surface area contributed by atoms with E-state index in [1.54, 1.807) is 6.26 Å². The molecule has 2 aromatic rings. The standard InChI is InChI=1S/C14H16ClNO2/c1-2-3-8-17-10-14-16-13(9-18-14)11-4-6-12(15)7-5-11/h4-7,9H,2-3,8,10H2,1H3. The SMILES string of the molecule is CCCCOCc1nc(-c2ccc(Cl)cc2)co1. The minimum Gasteiger partial charge on any atom is -0.446 e. The van der Waals surface area contributed by atoms with Crippen molar-refractivity contribution >= 4 is 11.6 Å². The Bertz CT molecular complexity index is 479. The summed E-state index contributed by atoms with van der Waals surface area (Å²) >= 11 is 5.84. The number of rotatable bonds is 6. The van der Waals surface area contributed by atoms with Gasteiger partial charge in [-0.1, -0.05) is 37.1 Å². The van der Waals surface area contributed by atoms with Crippen LogP contribution >= 0.6 is 11.6 Å². The van der Waals surface area contributed by atoms with E-state index in [2.05, 4.69) is 11.9 Å². The molecule has 0 unspecified atom stereocenters. The Morgan fingerprint density at radius 3 is 2.78 bits per heavy atom. The maximum atomic E-state index is 5.84. The van der Waals surface area contributed by atoms with E-state index in [1.165, 1.54) is 0 Å². The normalized spacial score (nSPS) is 10.8. The first-order valence-corrected chi connectivity index (χ1v) is 6.45. The molecule has 0 bridgehead atoms. The molecule has 0 aliphatic heterocycles. The molecule has 0 aliphatic rings. The van der Waals surface area contributed by atoms with Gasteiger partial charge in [-0.3, -0.25) is 0 Å². The maximum absolute atomic E-state index is 5.84. The van der Waals surface area contributed by atoms with Gasteiger partial charge < -0.3 is 9.15 Å². The summed E-state index contributed by atoms with van der Waals surface area (Å²) in [4.78, 5) is 4.37. The van der Waals surface area contributed by atoms with E-state index in [1.807, 2.05) is 24.3 Å². The molecule has 1 heterocycles. The summed E-state index contributed by atoms with van der Waals surface area (Å²) in [5, 5.41) is 0.713. The molecule has 1 aromatic heterocycles. The van der Waals surface area contributed by atoms with E-state index >= 15 is 0 Å². The van der Waals surface area contributed by atoms with E-state index in [0.29, 0.717) is 17.5 Å². The van der Waals surface area contributed by atoms with Crippen LogP contribution in [-0.2, 0) is 11.3 Å². The highest BCUT2D eigenvalue weighted by Gasteiger charge is 2.06. The first-order valence-electron chi connectivity index (χ1n) is 6.07. The van der Waals surface area contributed by atoms with Crippen molar-refractivity contribution in [1.82, 2.24) is 4.98 Å². The molecule has 3 nitrogen and oxygen atoms in total. The van der Waals surface area contributed by atoms with Crippen LogP contribution in [0.2, 0.25) is 5.02 Å². The Morgan fingerprint density at radius 2 is 2.06 bits per heavy atom. The molecule has 0 atom stereocenters. The molecule has 0 aliphatic carbocycles. The zero-order chi connectivity index (χ0) is 12.8. The van der Waals surface area contributed by atoms with Crippen LogP contribution in [0, 0.1) is 0 Å². The van der Waals surface area contributed by atoms with Gasteiger partial charge in [0.25, 0.3) is 0 Å². The second-order valence-corrected chi connectivity index (χ2v) is 4.48. The number of aromatic nitrogens is 1. The highest BCUT2D eigenvalue weighted by molar-refractivity contribution is 6.30. The van der Waals surface area contributed by atoms with Crippen molar-refractivity contribution in [1.29, 1.82) is 0 Å². The summed E-state index contributed by atoms with van der Waals surface area (Å²) in [5.41, 5.74) is 1.80. The number of hydrogen-bond acceptors (Lipinski definition) is 3. The van der Waals surface area contributed by atoms with Gasteiger partial charge in [0, 0.05) is 17.2 Å². The Morgan fingerprint density at radius 1 is 1.28 bits per heavy atom. The molecule has 0 saturated heterocycles.